The number of urea groups is 1. The van der Waals surface area contributed by atoms with Crippen LogP contribution in [0.5, 0.6) is 0 Å². The van der Waals surface area contributed by atoms with Crippen LogP contribution in [0.4, 0.5) is 4.79 Å². The monoisotopic (exact) mass is 246 g/mol. The molecule has 0 aromatic rings. The molecule has 0 unspecified atom stereocenters. The van der Waals surface area contributed by atoms with Crippen LogP contribution in [0.2, 0.25) is 0 Å². The molecule has 1 heterocycles. The van der Waals surface area contributed by atoms with Crippen molar-refractivity contribution in [1.82, 2.24) is 9.80 Å². The third kappa shape index (κ3) is 1.50. The minimum absolute atomic E-state index is 0.225. The standard InChI is InChI=1S/C10H15ClN2O3/c1-4-10(5-2)7(14)12(3)9(16)13(6-11)8(10)15/h4-6H2,1-3H3. The fourth-order valence-electron chi connectivity index (χ4n) is 1.99. The number of barbiturate groups is 1. The lowest BCUT2D eigenvalue weighted by atomic mass is 9.78. The Labute approximate surface area is 99.3 Å². The zero-order valence-corrected chi connectivity index (χ0v) is 10.4. The van der Waals surface area contributed by atoms with Crippen LogP contribution in [0.3, 0.4) is 0 Å². The molecule has 0 bridgehead atoms. The molecule has 1 saturated heterocycles. The van der Waals surface area contributed by atoms with Gasteiger partial charge in [0.25, 0.3) is 0 Å². The SMILES string of the molecule is CCC1(CC)C(=O)N(C)C(=O)N(CCl)C1=O. The van der Waals surface area contributed by atoms with Crippen LogP contribution in [-0.4, -0.2) is 40.7 Å². The number of hydrogen-bond donors (Lipinski definition) is 0. The molecule has 90 valence electrons. The second-order valence-electron chi connectivity index (χ2n) is 3.79. The van der Waals surface area contributed by atoms with Gasteiger partial charge in [0.1, 0.15) is 11.4 Å². The van der Waals surface area contributed by atoms with E-state index in [1.807, 2.05) is 0 Å². The second kappa shape index (κ2) is 4.41. The number of amides is 4. The molecule has 1 fully saturated rings. The lowest BCUT2D eigenvalue weighted by Gasteiger charge is -2.41. The molecule has 0 radical (unpaired) electrons. The summed E-state index contributed by atoms with van der Waals surface area (Å²) in [7, 11) is 1.37. The minimum atomic E-state index is -1.13. The van der Waals surface area contributed by atoms with Crippen LogP contribution in [0.15, 0.2) is 0 Å². The van der Waals surface area contributed by atoms with E-state index in [2.05, 4.69) is 0 Å². The second-order valence-corrected chi connectivity index (χ2v) is 4.03. The summed E-state index contributed by atoms with van der Waals surface area (Å²) in [5.41, 5.74) is -1.13. The van der Waals surface area contributed by atoms with Crippen molar-refractivity contribution < 1.29 is 14.4 Å². The fraction of sp³-hybridized carbons (Fsp3) is 0.700. The highest BCUT2D eigenvalue weighted by Gasteiger charge is 2.53. The molecule has 0 atom stereocenters. The van der Waals surface area contributed by atoms with Crippen LogP contribution in [-0.2, 0) is 9.59 Å². The predicted molar refractivity (Wildman–Crippen MR) is 58.7 cm³/mol. The molecule has 0 saturated carbocycles. The van der Waals surface area contributed by atoms with Gasteiger partial charge in [0.2, 0.25) is 11.8 Å². The van der Waals surface area contributed by atoms with Crippen molar-refractivity contribution in [1.29, 1.82) is 0 Å². The Hall–Kier alpha value is -1.10. The number of carbonyl (C=O) groups excluding carboxylic acids is 3. The zero-order chi connectivity index (χ0) is 12.5. The molecule has 0 N–H and O–H groups in total. The highest BCUT2D eigenvalue weighted by molar-refractivity contribution is 6.24. The Morgan fingerprint density at radius 2 is 1.62 bits per heavy atom. The normalized spacial score (nSPS) is 20.6. The summed E-state index contributed by atoms with van der Waals surface area (Å²) in [6.07, 6.45) is 0.734. The molecule has 4 amide bonds. The molecule has 1 aliphatic rings. The molecule has 0 aromatic carbocycles. The molecule has 0 spiro atoms. The first-order valence-corrected chi connectivity index (χ1v) is 5.69. The molecule has 5 nitrogen and oxygen atoms in total. The summed E-state index contributed by atoms with van der Waals surface area (Å²) in [6.45, 7) is 3.52. The summed E-state index contributed by atoms with van der Waals surface area (Å²) in [5.74, 6) is -0.922. The van der Waals surface area contributed by atoms with E-state index in [1.165, 1.54) is 7.05 Å². The van der Waals surface area contributed by atoms with Gasteiger partial charge in [0, 0.05) is 7.05 Å². The van der Waals surface area contributed by atoms with Crippen molar-refractivity contribution in [3.8, 4) is 0 Å². The van der Waals surface area contributed by atoms with Gasteiger partial charge in [-0.1, -0.05) is 13.8 Å². The highest BCUT2D eigenvalue weighted by Crippen LogP contribution is 2.35. The summed E-state index contributed by atoms with van der Waals surface area (Å²) in [5, 5.41) is 0. The number of rotatable bonds is 3. The lowest BCUT2D eigenvalue weighted by Crippen LogP contribution is -2.63. The van der Waals surface area contributed by atoms with Gasteiger partial charge >= 0.3 is 6.03 Å². The van der Waals surface area contributed by atoms with E-state index in [0.29, 0.717) is 12.8 Å². The number of imide groups is 2. The molecule has 0 aromatic heterocycles. The summed E-state index contributed by atoms with van der Waals surface area (Å²) in [4.78, 5) is 37.6. The fourth-order valence-corrected chi connectivity index (χ4v) is 2.20. The van der Waals surface area contributed by atoms with Crippen LogP contribution in [0.25, 0.3) is 0 Å². The average molecular weight is 247 g/mol. The maximum atomic E-state index is 12.1. The van der Waals surface area contributed by atoms with E-state index in [4.69, 9.17) is 11.6 Å². The first kappa shape index (κ1) is 13.0. The quantitative estimate of drug-likeness (QED) is 0.430. The largest absolute Gasteiger partial charge is 0.334 e. The molecule has 1 aliphatic heterocycles. The van der Waals surface area contributed by atoms with Crippen LogP contribution in [0, 0.1) is 5.41 Å². The average Bonchev–Trinajstić information content (AvgIpc) is 2.29. The van der Waals surface area contributed by atoms with Gasteiger partial charge in [0.05, 0.1) is 0 Å². The first-order valence-electron chi connectivity index (χ1n) is 5.16. The third-order valence-electron chi connectivity index (χ3n) is 3.21. The first-order chi connectivity index (χ1) is 7.46. The molecule has 16 heavy (non-hydrogen) atoms. The number of nitrogens with zero attached hydrogens (tertiary/aromatic N) is 2. The van der Waals surface area contributed by atoms with Crippen molar-refractivity contribution in [3.05, 3.63) is 0 Å². The maximum absolute atomic E-state index is 12.1. The Morgan fingerprint density at radius 3 is 2.00 bits per heavy atom. The van der Waals surface area contributed by atoms with E-state index in [1.54, 1.807) is 13.8 Å². The van der Waals surface area contributed by atoms with Gasteiger partial charge < -0.3 is 0 Å². The Bertz CT molecular complexity index is 339. The van der Waals surface area contributed by atoms with Gasteiger partial charge in [-0.25, -0.2) is 9.69 Å². The van der Waals surface area contributed by atoms with Gasteiger partial charge in [0.15, 0.2) is 0 Å². The van der Waals surface area contributed by atoms with Crippen molar-refractivity contribution in [2.75, 3.05) is 13.1 Å². The Morgan fingerprint density at radius 1 is 1.12 bits per heavy atom. The third-order valence-corrected chi connectivity index (χ3v) is 3.45. The van der Waals surface area contributed by atoms with E-state index in [0.717, 1.165) is 9.80 Å². The van der Waals surface area contributed by atoms with Gasteiger partial charge in [-0.15, -0.1) is 11.6 Å². The van der Waals surface area contributed by atoms with E-state index < -0.39 is 23.3 Å². The van der Waals surface area contributed by atoms with Gasteiger partial charge in [-0.05, 0) is 12.8 Å². The van der Waals surface area contributed by atoms with Crippen LogP contribution >= 0.6 is 11.6 Å². The van der Waals surface area contributed by atoms with Gasteiger partial charge in [-0.2, -0.15) is 0 Å². The number of hydrogen-bond acceptors (Lipinski definition) is 3. The molecule has 1 rings (SSSR count). The molecule has 0 aliphatic carbocycles. The van der Waals surface area contributed by atoms with Crippen molar-refractivity contribution in [2.24, 2.45) is 5.41 Å². The van der Waals surface area contributed by atoms with E-state index in [-0.39, 0.29) is 6.00 Å². The molecule has 6 heteroatoms. The zero-order valence-electron chi connectivity index (χ0n) is 9.62. The van der Waals surface area contributed by atoms with Crippen molar-refractivity contribution in [2.45, 2.75) is 26.7 Å². The summed E-state index contributed by atoms with van der Waals surface area (Å²) >= 11 is 5.57. The van der Waals surface area contributed by atoms with Crippen LogP contribution < -0.4 is 0 Å². The summed E-state index contributed by atoms with van der Waals surface area (Å²) < 4.78 is 0. The number of carbonyl (C=O) groups is 3. The van der Waals surface area contributed by atoms with Crippen molar-refractivity contribution >= 4 is 29.4 Å². The van der Waals surface area contributed by atoms with E-state index in [9.17, 15) is 14.4 Å². The Kier molecular flexibility index (Phi) is 3.57. The topological polar surface area (TPSA) is 57.7 Å². The molecular weight excluding hydrogens is 232 g/mol. The summed E-state index contributed by atoms with van der Waals surface area (Å²) in [6, 6.07) is -0.876. The van der Waals surface area contributed by atoms with Crippen molar-refractivity contribution in [3.63, 3.8) is 0 Å². The van der Waals surface area contributed by atoms with E-state index >= 15 is 0 Å². The number of halogens is 1. The van der Waals surface area contributed by atoms with Gasteiger partial charge in [-0.3, -0.25) is 14.5 Å². The highest BCUT2D eigenvalue weighted by atomic mass is 35.5. The molecular formula is C10H15ClN2O3. The smallest absolute Gasteiger partial charge is 0.273 e. The number of alkyl halides is 1. The predicted octanol–water partition coefficient (Wildman–Crippen LogP) is 1.41. The lowest BCUT2D eigenvalue weighted by molar-refractivity contribution is -0.157. The Balaban J connectivity index is 3.25. The minimum Gasteiger partial charge on any atom is -0.273 e. The maximum Gasteiger partial charge on any atom is 0.334 e. The van der Waals surface area contributed by atoms with Crippen LogP contribution in [0.1, 0.15) is 26.7 Å².